The fraction of sp³-hybridized carbons (Fsp3) is 0.120. The van der Waals surface area contributed by atoms with Crippen LogP contribution in [-0.2, 0) is 4.79 Å². The Hall–Kier alpha value is -3.45. The first kappa shape index (κ1) is 25.6. The fourth-order valence-corrected chi connectivity index (χ4v) is 4.43. The Morgan fingerprint density at radius 3 is 2.33 bits per heavy atom. The number of rotatable bonds is 8. The smallest absolute Gasteiger partial charge is 0.253 e. The standard InChI is InChI=1S/C25H19F2IN4O3S/c1-25(14-28,32-21(33)16-3-2-12-29-13-16)23(34)31-24-30-20(15-4-6-17(26)7-5-15)22(36-24)35-19-10-8-18(27)9-11-19/h2-13H,14H2,1H3,(H,32,33)(H,30,31,34). The number of hydrogen-bond acceptors (Lipinski definition) is 6. The van der Waals surface area contributed by atoms with E-state index in [4.69, 9.17) is 4.74 Å². The van der Waals surface area contributed by atoms with Crippen LogP contribution in [0.4, 0.5) is 13.9 Å². The number of anilines is 1. The van der Waals surface area contributed by atoms with Gasteiger partial charge < -0.3 is 10.1 Å². The van der Waals surface area contributed by atoms with Gasteiger partial charge in [-0.1, -0.05) is 33.9 Å². The van der Waals surface area contributed by atoms with Gasteiger partial charge in [0.05, 0.1) is 5.56 Å². The molecule has 2 heterocycles. The molecule has 0 saturated carbocycles. The number of carbonyl (C=O) groups excluding carboxylic acids is 2. The maximum atomic E-state index is 13.5. The van der Waals surface area contributed by atoms with Gasteiger partial charge in [-0.05, 0) is 67.6 Å². The van der Waals surface area contributed by atoms with Crippen molar-refractivity contribution in [2.75, 3.05) is 9.74 Å². The van der Waals surface area contributed by atoms with Crippen LogP contribution in [0.1, 0.15) is 17.3 Å². The Morgan fingerprint density at radius 2 is 1.72 bits per heavy atom. The molecule has 1 atom stereocenters. The molecule has 2 aromatic heterocycles. The summed E-state index contributed by atoms with van der Waals surface area (Å²) in [6, 6.07) is 14.3. The van der Waals surface area contributed by atoms with E-state index in [2.05, 4.69) is 20.6 Å². The van der Waals surface area contributed by atoms with Crippen molar-refractivity contribution in [3.8, 4) is 22.1 Å². The maximum absolute atomic E-state index is 13.5. The maximum Gasteiger partial charge on any atom is 0.253 e. The normalized spacial score (nSPS) is 12.4. The van der Waals surface area contributed by atoms with Crippen molar-refractivity contribution >= 4 is 50.9 Å². The summed E-state index contributed by atoms with van der Waals surface area (Å²) in [5.41, 5.74) is -0.00104. The number of nitrogens with zero attached hydrogens (tertiary/aromatic N) is 2. The number of aromatic nitrogens is 2. The van der Waals surface area contributed by atoms with Crippen molar-refractivity contribution in [3.05, 3.63) is 90.3 Å². The molecule has 2 N–H and O–H groups in total. The largest absolute Gasteiger partial charge is 0.444 e. The van der Waals surface area contributed by atoms with Gasteiger partial charge in [-0.2, -0.15) is 0 Å². The number of ether oxygens (including phenoxy) is 1. The third kappa shape index (κ3) is 6.02. The van der Waals surface area contributed by atoms with Crippen LogP contribution in [0.25, 0.3) is 11.3 Å². The second-order valence-electron chi connectivity index (χ2n) is 7.83. The van der Waals surface area contributed by atoms with Crippen LogP contribution < -0.4 is 15.4 Å². The minimum absolute atomic E-state index is 0.211. The molecule has 7 nitrogen and oxygen atoms in total. The summed E-state index contributed by atoms with van der Waals surface area (Å²) < 4.78 is 33.0. The minimum Gasteiger partial charge on any atom is -0.444 e. The summed E-state index contributed by atoms with van der Waals surface area (Å²) in [5, 5.41) is 6.03. The molecule has 0 aliphatic heterocycles. The van der Waals surface area contributed by atoms with Crippen LogP contribution in [0, 0.1) is 11.6 Å². The molecule has 184 valence electrons. The molecule has 2 aromatic carbocycles. The molecule has 0 radical (unpaired) electrons. The SMILES string of the molecule is CC(CI)(NC(=O)c1cccnc1)C(=O)Nc1nc(-c2ccc(F)cc2)c(Oc2ccc(F)cc2)s1. The lowest BCUT2D eigenvalue weighted by Crippen LogP contribution is -2.56. The van der Waals surface area contributed by atoms with Crippen LogP contribution in [-0.4, -0.2) is 31.7 Å². The summed E-state index contributed by atoms with van der Waals surface area (Å²) in [6.07, 6.45) is 2.96. The highest BCUT2D eigenvalue weighted by atomic mass is 127. The van der Waals surface area contributed by atoms with Crippen molar-refractivity contribution in [1.82, 2.24) is 15.3 Å². The Bertz CT molecular complexity index is 1370. The third-order valence-electron chi connectivity index (χ3n) is 5.04. The van der Waals surface area contributed by atoms with E-state index in [0.29, 0.717) is 27.6 Å². The van der Waals surface area contributed by atoms with E-state index in [1.807, 2.05) is 22.6 Å². The molecule has 11 heteroatoms. The summed E-state index contributed by atoms with van der Waals surface area (Å²) >= 11 is 3.07. The summed E-state index contributed by atoms with van der Waals surface area (Å²) in [6.45, 7) is 1.60. The minimum atomic E-state index is -1.26. The molecule has 0 spiro atoms. The molecule has 4 rings (SSSR count). The predicted octanol–water partition coefficient (Wildman–Crippen LogP) is 5.84. The van der Waals surface area contributed by atoms with Crippen LogP contribution >= 0.6 is 33.9 Å². The van der Waals surface area contributed by atoms with Gasteiger partial charge in [-0.3, -0.25) is 19.9 Å². The zero-order chi connectivity index (χ0) is 25.7. The van der Waals surface area contributed by atoms with Gasteiger partial charge in [-0.15, -0.1) is 0 Å². The molecular weight excluding hydrogens is 601 g/mol. The predicted molar refractivity (Wildman–Crippen MR) is 142 cm³/mol. The van der Waals surface area contributed by atoms with E-state index in [-0.39, 0.29) is 9.56 Å². The van der Waals surface area contributed by atoms with E-state index in [1.54, 1.807) is 25.3 Å². The van der Waals surface area contributed by atoms with Crippen molar-refractivity contribution in [2.24, 2.45) is 0 Å². The zero-order valence-electron chi connectivity index (χ0n) is 18.8. The number of carbonyl (C=O) groups is 2. The van der Waals surface area contributed by atoms with E-state index in [1.165, 1.54) is 54.7 Å². The van der Waals surface area contributed by atoms with Gasteiger partial charge in [0.15, 0.2) is 5.13 Å². The number of nitrogens with one attached hydrogen (secondary N) is 2. The number of thiazole rings is 1. The molecule has 0 aliphatic rings. The Labute approximate surface area is 223 Å². The Morgan fingerprint density at radius 1 is 1.06 bits per heavy atom. The molecule has 2 amide bonds. The van der Waals surface area contributed by atoms with Gasteiger partial charge in [-0.25, -0.2) is 13.8 Å². The van der Waals surface area contributed by atoms with Gasteiger partial charge >= 0.3 is 0 Å². The summed E-state index contributed by atoms with van der Waals surface area (Å²) in [7, 11) is 0. The highest BCUT2D eigenvalue weighted by molar-refractivity contribution is 14.1. The molecule has 1 unspecified atom stereocenters. The molecule has 0 saturated heterocycles. The fourth-order valence-electron chi connectivity index (χ4n) is 3.03. The number of halogens is 3. The second kappa shape index (κ2) is 11.1. The number of benzene rings is 2. The van der Waals surface area contributed by atoms with Gasteiger partial charge in [0.2, 0.25) is 5.06 Å². The molecule has 4 aromatic rings. The number of amides is 2. The molecule has 0 fully saturated rings. The first-order valence-electron chi connectivity index (χ1n) is 10.6. The van der Waals surface area contributed by atoms with Gasteiger partial charge in [0.1, 0.15) is 28.6 Å². The van der Waals surface area contributed by atoms with E-state index in [0.717, 1.165) is 11.3 Å². The van der Waals surface area contributed by atoms with Crippen molar-refractivity contribution in [2.45, 2.75) is 12.5 Å². The molecular formula is C25H19F2IN4O3S. The molecule has 36 heavy (non-hydrogen) atoms. The number of alkyl halides is 1. The van der Waals surface area contributed by atoms with Crippen LogP contribution in [0.2, 0.25) is 0 Å². The summed E-state index contributed by atoms with van der Waals surface area (Å²) in [4.78, 5) is 34.3. The molecule has 0 bridgehead atoms. The highest BCUT2D eigenvalue weighted by Crippen LogP contribution is 2.41. The second-order valence-corrected chi connectivity index (χ2v) is 9.56. The Kier molecular flexibility index (Phi) is 7.89. The lowest BCUT2D eigenvalue weighted by Gasteiger charge is -2.27. The van der Waals surface area contributed by atoms with E-state index >= 15 is 0 Å². The zero-order valence-corrected chi connectivity index (χ0v) is 21.8. The van der Waals surface area contributed by atoms with E-state index < -0.39 is 29.0 Å². The van der Waals surface area contributed by atoms with Crippen LogP contribution in [0.5, 0.6) is 10.8 Å². The van der Waals surface area contributed by atoms with Crippen LogP contribution in [0.15, 0.2) is 73.1 Å². The van der Waals surface area contributed by atoms with Crippen LogP contribution in [0.3, 0.4) is 0 Å². The van der Waals surface area contributed by atoms with Gasteiger partial charge in [0.25, 0.3) is 11.8 Å². The van der Waals surface area contributed by atoms with Crippen molar-refractivity contribution in [3.63, 3.8) is 0 Å². The monoisotopic (exact) mass is 620 g/mol. The van der Waals surface area contributed by atoms with E-state index in [9.17, 15) is 18.4 Å². The first-order valence-corrected chi connectivity index (χ1v) is 12.9. The van der Waals surface area contributed by atoms with Crippen molar-refractivity contribution in [1.29, 1.82) is 0 Å². The van der Waals surface area contributed by atoms with Crippen molar-refractivity contribution < 1.29 is 23.1 Å². The average molecular weight is 620 g/mol. The lowest BCUT2D eigenvalue weighted by molar-refractivity contribution is -0.120. The Balaban J connectivity index is 1.60. The van der Waals surface area contributed by atoms with Gasteiger partial charge in [0, 0.05) is 22.4 Å². The summed E-state index contributed by atoms with van der Waals surface area (Å²) in [5.74, 6) is -1.39. The third-order valence-corrected chi connectivity index (χ3v) is 7.41. The first-order chi connectivity index (χ1) is 17.3. The number of pyridine rings is 1. The topological polar surface area (TPSA) is 93.2 Å². The lowest BCUT2D eigenvalue weighted by atomic mass is 10.0. The average Bonchev–Trinajstić information content (AvgIpc) is 3.28. The highest BCUT2D eigenvalue weighted by Gasteiger charge is 2.35. The molecule has 0 aliphatic carbocycles. The number of hydrogen-bond donors (Lipinski definition) is 2. The quantitative estimate of drug-likeness (QED) is 0.191.